The molecular weight excluding hydrogens is 260 g/mol. The van der Waals surface area contributed by atoms with Crippen molar-refractivity contribution in [1.29, 1.82) is 0 Å². The maximum absolute atomic E-state index is 11.9. The molecule has 0 spiro atoms. The average Bonchev–Trinajstić information content (AvgIpc) is 2.41. The molecule has 0 atom stereocenters. The molecule has 1 fully saturated rings. The second-order valence-corrected chi connectivity index (χ2v) is 5.93. The van der Waals surface area contributed by atoms with Crippen molar-refractivity contribution in [2.45, 2.75) is 39.0 Å². The normalized spacial score (nSPS) is 23.1. The van der Waals surface area contributed by atoms with Crippen LogP contribution < -0.4 is 5.32 Å². The standard InChI is InChI=1S/C15H21ClN2O/c1-11-2-4-12(5-3-11)8-9-17-15(19)13-6-7-14(16)18-10-13/h6-7,10-12H,2-5,8-9H2,1H3,(H,17,19). The van der Waals surface area contributed by atoms with Crippen LogP contribution in [0.2, 0.25) is 5.15 Å². The third-order valence-corrected chi connectivity index (χ3v) is 4.19. The van der Waals surface area contributed by atoms with Crippen LogP contribution in [0, 0.1) is 11.8 Å². The molecule has 1 heterocycles. The molecule has 0 aromatic carbocycles. The van der Waals surface area contributed by atoms with Crippen LogP contribution in [0.4, 0.5) is 0 Å². The van der Waals surface area contributed by atoms with Crippen molar-refractivity contribution in [1.82, 2.24) is 10.3 Å². The highest BCUT2D eigenvalue weighted by Crippen LogP contribution is 2.29. The van der Waals surface area contributed by atoms with E-state index in [2.05, 4.69) is 17.2 Å². The number of nitrogens with zero attached hydrogens (tertiary/aromatic N) is 1. The Balaban J connectivity index is 1.70. The number of aromatic nitrogens is 1. The van der Waals surface area contributed by atoms with Crippen LogP contribution in [0.1, 0.15) is 49.4 Å². The first-order chi connectivity index (χ1) is 9.15. The van der Waals surface area contributed by atoms with Gasteiger partial charge in [-0.15, -0.1) is 0 Å². The third kappa shape index (κ3) is 4.50. The zero-order valence-corrected chi connectivity index (χ0v) is 12.1. The fourth-order valence-corrected chi connectivity index (χ4v) is 2.73. The Morgan fingerprint density at radius 3 is 2.74 bits per heavy atom. The highest BCUT2D eigenvalue weighted by molar-refractivity contribution is 6.29. The summed E-state index contributed by atoms with van der Waals surface area (Å²) in [6, 6.07) is 3.34. The van der Waals surface area contributed by atoms with Crippen LogP contribution in [0.3, 0.4) is 0 Å². The number of nitrogens with one attached hydrogen (secondary N) is 1. The zero-order chi connectivity index (χ0) is 13.7. The van der Waals surface area contributed by atoms with Crippen molar-refractivity contribution in [2.24, 2.45) is 11.8 Å². The number of carbonyl (C=O) groups excluding carboxylic acids is 1. The predicted molar refractivity (Wildman–Crippen MR) is 77.3 cm³/mol. The van der Waals surface area contributed by atoms with Crippen LogP contribution >= 0.6 is 11.6 Å². The van der Waals surface area contributed by atoms with Crippen molar-refractivity contribution >= 4 is 17.5 Å². The van der Waals surface area contributed by atoms with Crippen LogP contribution in [0.15, 0.2) is 18.3 Å². The summed E-state index contributed by atoms with van der Waals surface area (Å²) < 4.78 is 0. The molecule has 0 bridgehead atoms. The first-order valence-corrected chi connectivity index (χ1v) is 7.42. The fraction of sp³-hybridized carbons (Fsp3) is 0.600. The fourth-order valence-electron chi connectivity index (χ4n) is 2.62. The Kier molecular flexibility index (Phi) is 5.20. The van der Waals surface area contributed by atoms with Gasteiger partial charge in [-0.2, -0.15) is 0 Å². The first-order valence-electron chi connectivity index (χ1n) is 7.05. The summed E-state index contributed by atoms with van der Waals surface area (Å²) in [4.78, 5) is 15.8. The van der Waals surface area contributed by atoms with Crippen molar-refractivity contribution in [3.8, 4) is 0 Å². The molecule has 1 aromatic rings. The average molecular weight is 281 g/mol. The number of hydrogen-bond acceptors (Lipinski definition) is 2. The SMILES string of the molecule is CC1CCC(CCNC(=O)c2ccc(Cl)nc2)CC1. The molecule has 3 nitrogen and oxygen atoms in total. The molecule has 19 heavy (non-hydrogen) atoms. The molecule has 1 N–H and O–H groups in total. The molecule has 1 aromatic heterocycles. The molecule has 0 saturated heterocycles. The molecule has 0 radical (unpaired) electrons. The minimum absolute atomic E-state index is 0.0617. The van der Waals surface area contributed by atoms with E-state index in [1.165, 1.54) is 31.9 Å². The lowest BCUT2D eigenvalue weighted by Crippen LogP contribution is -2.27. The smallest absolute Gasteiger partial charge is 0.252 e. The van der Waals surface area contributed by atoms with Gasteiger partial charge in [-0.25, -0.2) is 4.98 Å². The minimum atomic E-state index is -0.0617. The monoisotopic (exact) mass is 280 g/mol. The van der Waals surface area contributed by atoms with E-state index in [0.29, 0.717) is 10.7 Å². The van der Waals surface area contributed by atoms with E-state index in [0.717, 1.165) is 24.8 Å². The summed E-state index contributed by atoms with van der Waals surface area (Å²) in [5, 5.41) is 3.36. The largest absolute Gasteiger partial charge is 0.352 e. The molecule has 1 aliphatic carbocycles. The minimum Gasteiger partial charge on any atom is -0.352 e. The van der Waals surface area contributed by atoms with Gasteiger partial charge in [0.05, 0.1) is 5.56 Å². The van der Waals surface area contributed by atoms with E-state index in [1.807, 2.05) is 0 Å². The lowest BCUT2D eigenvalue weighted by Gasteiger charge is -2.26. The summed E-state index contributed by atoms with van der Waals surface area (Å²) in [6.07, 6.45) is 7.87. The predicted octanol–water partition coefficient (Wildman–Crippen LogP) is 3.68. The van der Waals surface area contributed by atoms with Crippen LogP contribution in [-0.2, 0) is 0 Å². The number of hydrogen-bond donors (Lipinski definition) is 1. The molecular formula is C15H21ClN2O. The van der Waals surface area contributed by atoms with Gasteiger partial charge in [0, 0.05) is 12.7 Å². The number of pyridine rings is 1. The van der Waals surface area contributed by atoms with Crippen LogP contribution in [0.25, 0.3) is 0 Å². The molecule has 1 amide bonds. The summed E-state index contributed by atoms with van der Waals surface area (Å²) >= 11 is 5.69. The highest BCUT2D eigenvalue weighted by atomic mass is 35.5. The summed E-state index contributed by atoms with van der Waals surface area (Å²) in [5.41, 5.74) is 0.571. The van der Waals surface area contributed by atoms with Crippen molar-refractivity contribution in [3.05, 3.63) is 29.0 Å². The maximum atomic E-state index is 11.9. The van der Waals surface area contributed by atoms with Gasteiger partial charge in [-0.05, 0) is 30.4 Å². The number of halogens is 1. The molecule has 0 unspecified atom stereocenters. The van der Waals surface area contributed by atoms with Crippen LogP contribution in [-0.4, -0.2) is 17.4 Å². The Bertz CT molecular complexity index is 411. The second-order valence-electron chi connectivity index (χ2n) is 5.54. The van der Waals surface area contributed by atoms with Gasteiger partial charge in [0.1, 0.15) is 5.15 Å². The summed E-state index contributed by atoms with van der Waals surface area (Å²) in [5.74, 6) is 1.60. The number of rotatable bonds is 4. The Morgan fingerprint density at radius 2 is 2.11 bits per heavy atom. The van der Waals surface area contributed by atoms with Gasteiger partial charge in [-0.3, -0.25) is 4.79 Å². The van der Waals surface area contributed by atoms with Gasteiger partial charge >= 0.3 is 0 Å². The molecule has 104 valence electrons. The van der Waals surface area contributed by atoms with Gasteiger partial charge in [0.25, 0.3) is 5.91 Å². The highest BCUT2D eigenvalue weighted by Gasteiger charge is 2.18. The topological polar surface area (TPSA) is 42.0 Å². The summed E-state index contributed by atoms with van der Waals surface area (Å²) in [6.45, 7) is 3.08. The van der Waals surface area contributed by atoms with E-state index in [4.69, 9.17) is 11.6 Å². The van der Waals surface area contributed by atoms with E-state index in [1.54, 1.807) is 12.1 Å². The Labute approximate surface area is 119 Å². The molecule has 1 saturated carbocycles. The van der Waals surface area contributed by atoms with Gasteiger partial charge in [-0.1, -0.05) is 44.2 Å². The zero-order valence-electron chi connectivity index (χ0n) is 11.4. The van der Waals surface area contributed by atoms with E-state index >= 15 is 0 Å². The lowest BCUT2D eigenvalue weighted by molar-refractivity contribution is 0.0949. The van der Waals surface area contributed by atoms with E-state index in [9.17, 15) is 4.79 Å². The van der Waals surface area contributed by atoms with E-state index < -0.39 is 0 Å². The second kappa shape index (κ2) is 6.90. The molecule has 4 heteroatoms. The first kappa shape index (κ1) is 14.3. The molecule has 2 rings (SSSR count). The van der Waals surface area contributed by atoms with Gasteiger partial charge in [0.15, 0.2) is 0 Å². The van der Waals surface area contributed by atoms with E-state index in [-0.39, 0.29) is 5.91 Å². The van der Waals surface area contributed by atoms with Gasteiger partial charge < -0.3 is 5.32 Å². The number of amides is 1. The van der Waals surface area contributed by atoms with Gasteiger partial charge in [0.2, 0.25) is 0 Å². The molecule has 1 aliphatic rings. The Hall–Kier alpha value is -1.09. The maximum Gasteiger partial charge on any atom is 0.252 e. The third-order valence-electron chi connectivity index (χ3n) is 3.96. The van der Waals surface area contributed by atoms with Crippen molar-refractivity contribution in [2.75, 3.05) is 6.54 Å². The van der Waals surface area contributed by atoms with Crippen molar-refractivity contribution in [3.63, 3.8) is 0 Å². The lowest BCUT2D eigenvalue weighted by atomic mass is 9.81. The quantitative estimate of drug-likeness (QED) is 0.855. The molecule has 0 aliphatic heterocycles. The summed E-state index contributed by atoms with van der Waals surface area (Å²) in [7, 11) is 0. The van der Waals surface area contributed by atoms with Crippen molar-refractivity contribution < 1.29 is 4.79 Å². The Morgan fingerprint density at radius 1 is 1.37 bits per heavy atom. The number of carbonyl (C=O) groups is 1. The van der Waals surface area contributed by atoms with Crippen LogP contribution in [0.5, 0.6) is 0 Å².